The predicted octanol–water partition coefficient (Wildman–Crippen LogP) is 2.55. The molecular weight excluding hydrogens is 224 g/mol. The first-order valence-corrected chi connectivity index (χ1v) is 5.09. The van der Waals surface area contributed by atoms with E-state index < -0.39 is 0 Å². The normalized spacial score (nSPS) is 9.75. The van der Waals surface area contributed by atoms with Gasteiger partial charge < -0.3 is 5.32 Å². The van der Waals surface area contributed by atoms with Crippen molar-refractivity contribution in [2.24, 2.45) is 0 Å². The van der Waals surface area contributed by atoms with E-state index in [-0.39, 0.29) is 0 Å². The van der Waals surface area contributed by atoms with E-state index in [0.29, 0.717) is 17.1 Å². The molecule has 2 N–H and O–H groups in total. The van der Waals surface area contributed by atoms with E-state index in [1.54, 1.807) is 24.4 Å². The maximum absolute atomic E-state index is 8.69. The molecule has 0 spiro atoms. The van der Waals surface area contributed by atoms with E-state index in [0.717, 1.165) is 11.4 Å². The fraction of sp³-hybridized carbons (Fsp3) is 0.0909. The summed E-state index contributed by atoms with van der Waals surface area (Å²) in [6, 6.07) is 9.06. The van der Waals surface area contributed by atoms with Crippen LogP contribution in [0.15, 0.2) is 30.5 Å². The molecule has 0 aliphatic heterocycles. The third kappa shape index (κ3) is 2.33. The summed E-state index contributed by atoms with van der Waals surface area (Å²) in [6.07, 6.45) is 1.69. The van der Waals surface area contributed by atoms with Crippen molar-refractivity contribution >= 4 is 17.3 Å². The molecule has 2 aromatic rings. The lowest BCUT2D eigenvalue weighted by molar-refractivity contribution is 0.981. The Balaban J connectivity index is 2.08. The zero-order chi connectivity index (χ0) is 11.4. The summed E-state index contributed by atoms with van der Waals surface area (Å²) >= 11 is 6.01. The Hall–Kier alpha value is -1.99. The van der Waals surface area contributed by atoms with Gasteiger partial charge in [0.15, 0.2) is 0 Å². The molecule has 0 saturated carbocycles. The third-order valence-corrected chi connectivity index (χ3v) is 2.44. The second-order valence-electron chi connectivity index (χ2n) is 3.24. The molecule has 1 aromatic heterocycles. The van der Waals surface area contributed by atoms with Crippen LogP contribution in [0.2, 0.25) is 5.02 Å². The fourth-order valence-electron chi connectivity index (χ4n) is 1.30. The van der Waals surface area contributed by atoms with Crippen LogP contribution in [0.5, 0.6) is 0 Å². The Kier molecular flexibility index (Phi) is 3.08. The second kappa shape index (κ2) is 4.69. The maximum Gasteiger partial charge on any atom is 0.0992 e. The van der Waals surface area contributed by atoms with E-state index in [4.69, 9.17) is 16.9 Å². The van der Waals surface area contributed by atoms with Gasteiger partial charge in [-0.3, -0.25) is 5.10 Å². The number of nitriles is 1. The molecule has 1 aromatic carbocycles. The molecule has 0 aliphatic carbocycles. The molecule has 0 bridgehead atoms. The molecule has 0 atom stereocenters. The smallest absolute Gasteiger partial charge is 0.0992 e. The zero-order valence-corrected chi connectivity index (χ0v) is 9.12. The number of hydrogen-bond acceptors (Lipinski definition) is 3. The molecule has 0 aliphatic rings. The number of nitrogens with zero attached hydrogens (tertiary/aromatic N) is 2. The Morgan fingerprint density at radius 3 is 2.94 bits per heavy atom. The summed E-state index contributed by atoms with van der Waals surface area (Å²) in [4.78, 5) is 0. The molecule has 0 radical (unpaired) electrons. The quantitative estimate of drug-likeness (QED) is 0.855. The highest BCUT2D eigenvalue weighted by molar-refractivity contribution is 6.33. The van der Waals surface area contributed by atoms with Crippen molar-refractivity contribution in [3.63, 3.8) is 0 Å². The first-order chi connectivity index (χ1) is 7.79. The van der Waals surface area contributed by atoms with Crippen molar-refractivity contribution < 1.29 is 0 Å². The molecule has 80 valence electrons. The summed E-state index contributed by atoms with van der Waals surface area (Å²) in [5.74, 6) is 0. The number of H-pyrrole nitrogens is 1. The van der Waals surface area contributed by atoms with Crippen LogP contribution in [0, 0.1) is 11.3 Å². The number of benzene rings is 1. The van der Waals surface area contributed by atoms with Crippen LogP contribution in [0.4, 0.5) is 5.69 Å². The van der Waals surface area contributed by atoms with Gasteiger partial charge in [0.25, 0.3) is 0 Å². The number of aromatic amines is 1. The van der Waals surface area contributed by atoms with E-state index in [1.807, 2.05) is 12.1 Å². The van der Waals surface area contributed by atoms with Gasteiger partial charge in [0.1, 0.15) is 0 Å². The maximum atomic E-state index is 8.69. The number of nitrogens with one attached hydrogen (secondary N) is 2. The highest BCUT2D eigenvalue weighted by atomic mass is 35.5. The molecule has 2 rings (SSSR count). The Morgan fingerprint density at radius 2 is 2.31 bits per heavy atom. The highest BCUT2D eigenvalue weighted by Crippen LogP contribution is 2.23. The van der Waals surface area contributed by atoms with Gasteiger partial charge in [0.05, 0.1) is 34.6 Å². The molecule has 1 heterocycles. The molecule has 0 unspecified atom stereocenters. The summed E-state index contributed by atoms with van der Waals surface area (Å²) < 4.78 is 0. The van der Waals surface area contributed by atoms with Crippen LogP contribution in [0.25, 0.3) is 0 Å². The number of anilines is 1. The van der Waals surface area contributed by atoms with Crippen LogP contribution >= 0.6 is 11.6 Å². The van der Waals surface area contributed by atoms with Crippen LogP contribution in [-0.4, -0.2) is 10.2 Å². The average Bonchev–Trinajstić information content (AvgIpc) is 2.80. The van der Waals surface area contributed by atoms with Gasteiger partial charge >= 0.3 is 0 Å². The molecular formula is C11H9ClN4. The Morgan fingerprint density at radius 1 is 1.44 bits per heavy atom. The van der Waals surface area contributed by atoms with E-state index in [2.05, 4.69) is 15.5 Å². The molecule has 5 heteroatoms. The minimum atomic E-state index is 0.540. The summed E-state index contributed by atoms with van der Waals surface area (Å²) in [7, 11) is 0. The van der Waals surface area contributed by atoms with Crippen molar-refractivity contribution in [1.82, 2.24) is 10.2 Å². The average molecular weight is 233 g/mol. The summed E-state index contributed by atoms with van der Waals surface area (Å²) in [5, 5.41) is 19.1. The van der Waals surface area contributed by atoms with Crippen molar-refractivity contribution in [2.45, 2.75) is 6.54 Å². The van der Waals surface area contributed by atoms with Crippen molar-refractivity contribution in [2.75, 3.05) is 5.32 Å². The van der Waals surface area contributed by atoms with Gasteiger partial charge in [-0.2, -0.15) is 10.4 Å². The van der Waals surface area contributed by atoms with Crippen molar-refractivity contribution in [1.29, 1.82) is 5.26 Å². The Bertz CT molecular complexity index is 513. The lowest BCUT2D eigenvalue weighted by Crippen LogP contribution is -2.00. The first kappa shape index (κ1) is 10.5. The molecule has 4 nitrogen and oxygen atoms in total. The number of halogens is 1. The van der Waals surface area contributed by atoms with Crippen LogP contribution in [-0.2, 0) is 6.54 Å². The van der Waals surface area contributed by atoms with Gasteiger partial charge in [-0.05, 0) is 24.3 Å². The van der Waals surface area contributed by atoms with Gasteiger partial charge in [-0.1, -0.05) is 11.6 Å². The molecule has 0 saturated heterocycles. The van der Waals surface area contributed by atoms with Crippen LogP contribution in [0.3, 0.4) is 0 Å². The molecule has 16 heavy (non-hydrogen) atoms. The third-order valence-electron chi connectivity index (χ3n) is 2.13. The van der Waals surface area contributed by atoms with Gasteiger partial charge in [0.2, 0.25) is 0 Å². The van der Waals surface area contributed by atoms with E-state index >= 15 is 0 Å². The summed E-state index contributed by atoms with van der Waals surface area (Å²) in [6.45, 7) is 0.617. The molecule has 0 amide bonds. The van der Waals surface area contributed by atoms with Gasteiger partial charge in [-0.25, -0.2) is 0 Å². The van der Waals surface area contributed by atoms with E-state index in [9.17, 15) is 0 Å². The highest BCUT2D eigenvalue weighted by Gasteiger charge is 2.01. The van der Waals surface area contributed by atoms with Crippen LogP contribution < -0.4 is 5.32 Å². The fourth-order valence-corrected chi connectivity index (χ4v) is 1.55. The number of hydrogen-bond donors (Lipinski definition) is 2. The SMILES string of the molecule is N#Cc1ccc(NCc2ccn[nH]2)c(Cl)c1. The largest absolute Gasteiger partial charge is 0.378 e. The lowest BCUT2D eigenvalue weighted by Gasteiger charge is -2.06. The predicted molar refractivity (Wildman–Crippen MR) is 62.1 cm³/mol. The monoisotopic (exact) mass is 232 g/mol. The standard InChI is InChI=1S/C11H9ClN4/c12-10-5-8(6-13)1-2-11(10)14-7-9-3-4-15-16-9/h1-5,14H,7H2,(H,15,16). The van der Waals surface area contributed by atoms with Crippen LogP contribution in [0.1, 0.15) is 11.3 Å². The molecule has 0 fully saturated rings. The van der Waals surface area contributed by atoms with Gasteiger partial charge in [0, 0.05) is 6.20 Å². The van der Waals surface area contributed by atoms with Crippen molar-refractivity contribution in [3.8, 4) is 6.07 Å². The number of rotatable bonds is 3. The second-order valence-corrected chi connectivity index (χ2v) is 3.65. The van der Waals surface area contributed by atoms with Crippen molar-refractivity contribution in [3.05, 3.63) is 46.7 Å². The lowest BCUT2D eigenvalue weighted by atomic mass is 10.2. The minimum absolute atomic E-state index is 0.540. The zero-order valence-electron chi connectivity index (χ0n) is 8.37. The minimum Gasteiger partial charge on any atom is -0.378 e. The van der Waals surface area contributed by atoms with E-state index in [1.165, 1.54) is 0 Å². The topological polar surface area (TPSA) is 64.5 Å². The van der Waals surface area contributed by atoms with Gasteiger partial charge in [-0.15, -0.1) is 0 Å². The number of aromatic nitrogens is 2. The summed E-state index contributed by atoms with van der Waals surface area (Å²) in [5.41, 5.74) is 2.33. The Labute approximate surface area is 97.9 Å². The first-order valence-electron chi connectivity index (χ1n) is 4.71.